The second kappa shape index (κ2) is 6.35. The van der Waals surface area contributed by atoms with Crippen molar-refractivity contribution in [2.24, 2.45) is 0 Å². The zero-order valence-corrected chi connectivity index (χ0v) is 10.9. The van der Waals surface area contributed by atoms with E-state index in [0.717, 1.165) is 11.4 Å². The topological polar surface area (TPSA) is 51.2 Å². The normalized spacial score (nSPS) is 12.5. The van der Waals surface area contributed by atoms with Crippen molar-refractivity contribution in [3.8, 4) is 0 Å². The molecule has 0 bridgehead atoms. The number of nitrogens with one attached hydrogen (secondary N) is 1. The molecule has 0 aliphatic carbocycles. The number of amides is 1. The smallest absolute Gasteiger partial charge is 0.246 e. The first-order chi connectivity index (χ1) is 7.99. The third kappa shape index (κ3) is 4.95. The first kappa shape index (κ1) is 13.6. The Morgan fingerprint density at radius 3 is 2.71 bits per heavy atom. The highest BCUT2D eigenvalue weighted by Gasteiger charge is 2.11. The molecule has 0 fully saturated rings. The summed E-state index contributed by atoms with van der Waals surface area (Å²) in [6.45, 7) is 7.74. The molecule has 1 atom stereocenters. The van der Waals surface area contributed by atoms with E-state index in [9.17, 15) is 4.79 Å². The molecule has 0 saturated carbocycles. The molecular formula is C13H20N2O2. The molecule has 1 rings (SSSR count). The molecular weight excluding hydrogens is 216 g/mol. The predicted octanol–water partition coefficient (Wildman–Crippen LogP) is 1.99. The summed E-state index contributed by atoms with van der Waals surface area (Å²) in [6, 6.07) is 5.67. The molecule has 1 heterocycles. The van der Waals surface area contributed by atoms with Gasteiger partial charge in [-0.2, -0.15) is 0 Å². The Hall–Kier alpha value is -1.42. The van der Waals surface area contributed by atoms with Crippen molar-refractivity contribution in [3.63, 3.8) is 0 Å². The van der Waals surface area contributed by atoms with Crippen LogP contribution in [0.5, 0.6) is 0 Å². The molecule has 1 aromatic heterocycles. The molecule has 0 aromatic carbocycles. The molecule has 1 aromatic rings. The first-order valence-electron chi connectivity index (χ1n) is 5.83. The van der Waals surface area contributed by atoms with Crippen molar-refractivity contribution in [2.45, 2.75) is 39.8 Å². The highest BCUT2D eigenvalue weighted by atomic mass is 16.5. The van der Waals surface area contributed by atoms with Crippen molar-refractivity contribution >= 4 is 5.91 Å². The van der Waals surface area contributed by atoms with E-state index in [4.69, 9.17) is 4.74 Å². The van der Waals surface area contributed by atoms with Crippen molar-refractivity contribution < 1.29 is 9.53 Å². The van der Waals surface area contributed by atoms with Crippen LogP contribution in [0.25, 0.3) is 0 Å². The molecule has 0 aliphatic rings. The minimum atomic E-state index is -0.116. The number of aromatic nitrogens is 1. The fourth-order valence-corrected chi connectivity index (χ4v) is 1.40. The minimum absolute atomic E-state index is 0.0631. The van der Waals surface area contributed by atoms with Crippen LogP contribution in [-0.2, 0) is 9.53 Å². The lowest BCUT2D eigenvalue weighted by molar-refractivity contribution is -0.127. The largest absolute Gasteiger partial charge is 0.369 e. The minimum Gasteiger partial charge on any atom is -0.369 e. The highest BCUT2D eigenvalue weighted by molar-refractivity contribution is 5.77. The number of aryl methyl sites for hydroxylation is 1. The van der Waals surface area contributed by atoms with Gasteiger partial charge in [0.2, 0.25) is 5.91 Å². The average Bonchev–Trinajstić information content (AvgIpc) is 2.26. The molecule has 0 aliphatic heterocycles. The molecule has 17 heavy (non-hydrogen) atoms. The van der Waals surface area contributed by atoms with E-state index in [1.807, 2.05) is 45.9 Å². The van der Waals surface area contributed by atoms with Crippen molar-refractivity contribution in [1.82, 2.24) is 10.3 Å². The Bertz CT molecular complexity index is 377. The van der Waals surface area contributed by atoms with Gasteiger partial charge in [0, 0.05) is 5.69 Å². The lowest BCUT2D eigenvalue weighted by Crippen LogP contribution is -2.31. The van der Waals surface area contributed by atoms with E-state index in [-0.39, 0.29) is 24.7 Å². The Morgan fingerprint density at radius 1 is 1.41 bits per heavy atom. The quantitative estimate of drug-likeness (QED) is 0.850. The van der Waals surface area contributed by atoms with Gasteiger partial charge in [-0.3, -0.25) is 9.78 Å². The van der Waals surface area contributed by atoms with Gasteiger partial charge in [0.1, 0.15) is 6.61 Å². The summed E-state index contributed by atoms with van der Waals surface area (Å²) in [5, 5.41) is 2.85. The van der Waals surface area contributed by atoms with Gasteiger partial charge in [-0.1, -0.05) is 6.07 Å². The molecule has 4 nitrogen and oxygen atoms in total. The van der Waals surface area contributed by atoms with E-state index in [1.165, 1.54) is 0 Å². The van der Waals surface area contributed by atoms with Gasteiger partial charge < -0.3 is 10.1 Å². The summed E-state index contributed by atoms with van der Waals surface area (Å²) < 4.78 is 5.23. The van der Waals surface area contributed by atoms with Crippen molar-refractivity contribution in [3.05, 3.63) is 29.6 Å². The van der Waals surface area contributed by atoms with Crippen molar-refractivity contribution in [1.29, 1.82) is 0 Å². The lowest BCUT2D eigenvalue weighted by Gasteiger charge is -2.14. The summed E-state index contributed by atoms with van der Waals surface area (Å²) in [6.07, 6.45) is 0.0631. The summed E-state index contributed by atoms with van der Waals surface area (Å²) in [5.74, 6) is -0.116. The van der Waals surface area contributed by atoms with E-state index >= 15 is 0 Å². The van der Waals surface area contributed by atoms with Crippen LogP contribution in [0.4, 0.5) is 0 Å². The number of carbonyl (C=O) groups excluding carboxylic acids is 1. The lowest BCUT2D eigenvalue weighted by atomic mass is 10.2. The molecule has 0 saturated heterocycles. The maximum Gasteiger partial charge on any atom is 0.246 e. The predicted molar refractivity (Wildman–Crippen MR) is 66.6 cm³/mol. The number of rotatable bonds is 5. The zero-order valence-electron chi connectivity index (χ0n) is 10.9. The van der Waals surface area contributed by atoms with Crippen molar-refractivity contribution in [2.75, 3.05) is 6.61 Å². The fraction of sp³-hybridized carbons (Fsp3) is 0.538. The van der Waals surface area contributed by atoms with E-state index < -0.39 is 0 Å². The summed E-state index contributed by atoms with van der Waals surface area (Å²) in [4.78, 5) is 15.9. The van der Waals surface area contributed by atoms with Crippen LogP contribution >= 0.6 is 0 Å². The fourth-order valence-electron chi connectivity index (χ4n) is 1.40. The molecule has 1 N–H and O–H groups in total. The van der Waals surface area contributed by atoms with E-state index in [2.05, 4.69) is 10.3 Å². The Kier molecular flexibility index (Phi) is 5.10. The number of hydrogen-bond donors (Lipinski definition) is 1. The van der Waals surface area contributed by atoms with E-state index in [0.29, 0.717) is 0 Å². The van der Waals surface area contributed by atoms with Crippen LogP contribution in [-0.4, -0.2) is 23.6 Å². The number of ether oxygens (including phenoxy) is 1. The van der Waals surface area contributed by atoms with Crippen LogP contribution in [0.3, 0.4) is 0 Å². The number of hydrogen-bond acceptors (Lipinski definition) is 3. The monoisotopic (exact) mass is 236 g/mol. The Labute approximate surface area is 102 Å². The third-order valence-corrected chi connectivity index (χ3v) is 2.28. The van der Waals surface area contributed by atoms with Gasteiger partial charge in [-0.15, -0.1) is 0 Å². The van der Waals surface area contributed by atoms with Gasteiger partial charge in [-0.05, 0) is 39.8 Å². The van der Waals surface area contributed by atoms with Crippen LogP contribution in [0, 0.1) is 6.92 Å². The molecule has 0 radical (unpaired) electrons. The number of carbonyl (C=O) groups is 1. The second-order valence-electron chi connectivity index (χ2n) is 4.35. The summed E-state index contributed by atoms with van der Waals surface area (Å²) >= 11 is 0. The molecule has 1 unspecified atom stereocenters. The number of pyridine rings is 1. The summed E-state index contributed by atoms with van der Waals surface area (Å²) in [7, 11) is 0. The van der Waals surface area contributed by atoms with Gasteiger partial charge >= 0.3 is 0 Å². The first-order valence-corrected chi connectivity index (χ1v) is 5.83. The van der Waals surface area contributed by atoms with Gasteiger partial charge in [0.05, 0.1) is 17.8 Å². The average molecular weight is 236 g/mol. The molecule has 94 valence electrons. The maximum absolute atomic E-state index is 11.6. The summed E-state index contributed by atoms with van der Waals surface area (Å²) in [5.41, 5.74) is 1.81. The van der Waals surface area contributed by atoms with E-state index in [1.54, 1.807) is 0 Å². The van der Waals surface area contributed by atoms with Crippen LogP contribution in [0.15, 0.2) is 18.2 Å². The Balaban J connectivity index is 2.48. The van der Waals surface area contributed by atoms with Crippen LogP contribution < -0.4 is 5.32 Å². The highest BCUT2D eigenvalue weighted by Crippen LogP contribution is 2.09. The van der Waals surface area contributed by atoms with Crippen LogP contribution in [0.2, 0.25) is 0 Å². The molecule has 4 heteroatoms. The Morgan fingerprint density at radius 2 is 2.12 bits per heavy atom. The number of nitrogens with zero attached hydrogens (tertiary/aromatic N) is 1. The second-order valence-corrected chi connectivity index (χ2v) is 4.35. The SMILES string of the molecule is Cc1cccc(C(C)NC(=O)COC(C)C)n1. The molecule has 0 spiro atoms. The van der Waals surface area contributed by atoms with Crippen LogP contribution in [0.1, 0.15) is 38.2 Å². The standard InChI is InChI=1S/C13H20N2O2/c1-9(2)17-8-13(16)15-11(4)12-7-5-6-10(3)14-12/h5-7,9,11H,8H2,1-4H3,(H,15,16). The zero-order chi connectivity index (χ0) is 12.8. The maximum atomic E-state index is 11.6. The molecule has 1 amide bonds. The third-order valence-electron chi connectivity index (χ3n) is 2.28. The van der Waals surface area contributed by atoms with Gasteiger partial charge in [-0.25, -0.2) is 0 Å². The van der Waals surface area contributed by atoms with Gasteiger partial charge in [0.15, 0.2) is 0 Å². The van der Waals surface area contributed by atoms with Gasteiger partial charge in [0.25, 0.3) is 0 Å².